The summed E-state index contributed by atoms with van der Waals surface area (Å²) in [6.07, 6.45) is 26.4. The summed E-state index contributed by atoms with van der Waals surface area (Å²) >= 11 is 0. The number of hydrogen-bond donors (Lipinski definition) is 5. The first-order valence-electron chi connectivity index (χ1n) is 19.1. The lowest BCUT2D eigenvalue weighted by molar-refractivity contribution is -0.161. The van der Waals surface area contributed by atoms with Crippen LogP contribution in [0.25, 0.3) is 0 Å². The normalized spacial score (nSPS) is 15.0. The number of esters is 2. The highest BCUT2D eigenvalue weighted by Crippen LogP contribution is 2.36. The van der Waals surface area contributed by atoms with E-state index in [2.05, 4.69) is 25.3 Å². The Balaban J connectivity index is 4.35. The summed E-state index contributed by atoms with van der Waals surface area (Å²) in [7, 11) is -4.85. The van der Waals surface area contributed by atoms with E-state index in [-0.39, 0.29) is 25.7 Å². The van der Waals surface area contributed by atoms with Gasteiger partial charge in [0.1, 0.15) is 6.61 Å². The molecule has 5 N–H and O–H groups in total. The molecule has 296 valence electrons. The average Bonchev–Trinajstić information content (AvgIpc) is 3.07. The van der Waals surface area contributed by atoms with Gasteiger partial charge in [-0.2, -0.15) is 0 Å². The molecule has 4 atom stereocenters. The molecule has 0 aliphatic heterocycles. The second-order valence-corrected chi connectivity index (χ2v) is 14.8. The number of carbonyl (C=O) groups excluding carboxylic acids is 2. The quantitative estimate of drug-likeness (QED) is 0.0191. The van der Waals surface area contributed by atoms with Gasteiger partial charge in [-0.05, 0) is 31.6 Å². The number of unbranched alkanes of at least 4 members (excludes halogenated alkanes) is 11. The van der Waals surface area contributed by atoms with Gasteiger partial charge >= 0.3 is 19.8 Å². The summed E-state index contributed by atoms with van der Waals surface area (Å²) in [5.41, 5.74) is 0. The molecule has 0 unspecified atom stereocenters. The number of phosphoric acid groups is 1. The molecule has 0 amide bonds. The zero-order valence-corrected chi connectivity index (χ0v) is 32.4. The Kier molecular flexibility index (Phi) is 31.2. The molecule has 0 heterocycles. The van der Waals surface area contributed by atoms with Crippen LogP contribution < -0.4 is 0 Å². The number of rotatable bonds is 33. The van der Waals surface area contributed by atoms with E-state index in [9.17, 15) is 29.5 Å². The van der Waals surface area contributed by atoms with Crippen LogP contribution in [0.4, 0.5) is 0 Å². The van der Waals surface area contributed by atoms with Crippen LogP contribution >= 0.6 is 7.82 Å². The predicted octanol–water partition coefficient (Wildman–Crippen LogP) is 7.95. The fraction of sp³-hybridized carbons (Fsp3) is 0.744. The van der Waals surface area contributed by atoms with E-state index in [4.69, 9.17) is 19.3 Å². The van der Waals surface area contributed by atoms with Crippen LogP contribution in [0.2, 0.25) is 0 Å². The zero-order chi connectivity index (χ0) is 38.2. The van der Waals surface area contributed by atoms with Crippen molar-refractivity contribution in [3.63, 3.8) is 0 Å². The van der Waals surface area contributed by atoms with E-state index in [0.717, 1.165) is 50.9 Å². The molecule has 0 bridgehead atoms. The van der Waals surface area contributed by atoms with Crippen LogP contribution in [0.15, 0.2) is 48.6 Å². The molecule has 12 heteroatoms. The van der Waals surface area contributed by atoms with Crippen molar-refractivity contribution in [3.8, 4) is 0 Å². The SMILES string of the molecule is CCCCC[C@H](O)/C=C/C=C\C=C\C=C\[C@H](O)[C@@H](O)CCCC(=O)O[C@H](COC(=O)CCCCCCCCCCCCC(C)C)COP(=O)(O)O. The number of aliphatic hydroxyl groups excluding tert-OH is 3. The zero-order valence-electron chi connectivity index (χ0n) is 31.5. The lowest BCUT2D eigenvalue weighted by Gasteiger charge is -2.19. The Morgan fingerprint density at radius 2 is 1.16 bits per heavy atom. The molecule has 0 spiro atoms. The summed E-state index contributed by atoms with van der Waals surface area (Å²) in [6.45, 7) is 5.57. The highest BCUT2D eigenvalue weighted by atomic mass is 31.2. The van der Waals surface area contributed by atoms with Crippen LogP contribution in [-0.4, -0.2) is 74.7 Å². The van der Waals surface area contributed by atoms with E-state index >= 15 is 0 Å². The van der Waals surface area contributed by atoms with Gasteiger partial charge in [0.25, 0.3) is 0 Å². The van der Waals surface area contributed by atoms with Crippen molar-refractivity contribution in [2.45, 2.75) is 167 Å². The minimum atomic E-state index is -4.85. The van der Waals surface area contributed by atoms with Crippen LogP contribution in [0.1, 0.15) is 143 Å². The molecular weight excluding hydrogens is 675 g/mol. The number of carbonyl (C=O) groups is 2. The molecule has 0 aliphatic carbocycles. The number of ether oxygens (including phenoxy) is 2. The second kappa shape index (κ2) is 32.5. The standard InChI is InChI=1S/C39H69O11P/c1-4-5-18-25-34(40)26-20-15-12-13-16-21-27-36(41)37(42)28-23-30-39(44)50-35(32-49-51(45,46)47)31-48-38(43)29-22-17-11-9-7-6-8-10-14-19-24-33(2)3/h12-13,15-16,20-21,26-27,33-37,40-42H,4-11,14,17-19,22-25,28-32H2,1-3H3,(H2,45,46,47)/b15-12-,16-13+,26-20+,27-21+/t34-,35+,36-,37-/m0/s1. The first kappa shape index (κ1) is 48.9. The summed E-state index contributed by atoms with van der Waals surface area (Å²) < 4.78 is 26.1. The molecule has 0 aromatic heterocycles. The summed E-state index contributed by atoms with van der Waals surface area (Å²) in [5.74, 6) is -0.439. The Bertz CT molecular complexity index is 1030. The predicted molar refractivity (Wildman–Crippen MR) is 202 cm³/mol. The highest BCUT2D eigenvalue weighted by Gasteiger charge is 2.23. The first-order chi connectivity index (χ1) is 24.3. The molecule has 0 rings (SSSR count). The van der Waals surface area contributed by atoms with Crippen molar-refractivity contribution >= 4 is 19.8 Å². The minimum absolute atomic E-state index is 0.0900. The third-order valence-corrected chi connectivity index (χ3v) is 8.63. The molecule has 0 saturated heterocycles. The maximum Gasteiger partial charge on any atom is 0.469 e. The van der Waals surface area contributed by atoms with E-state index in [1.165, 1.54) is 51.0 Å². The first-order valence-corrected chi connectivity index (χ1v) is 20.6. The average molecular weight is 745 g/mol. The Morgan fingerprint density at radius 3 is 1.75 bits per heavy atom. The molecule has 0 radical (unpaired) electrons. The molecule has 0 aromatic rings. The van der Waals surface area contributed by atoms with Gasteiger partial charge in [-0.1, -0.05) is 153 Å². The smallest absolute Gasteiger partial charge is 0.462 e. The number of hydrogen-bond acceptors (Lipinski definition) is 9. The highest BCUT2D eigenvalue weighted by molar-refractivity contribution is 7.46. The van der Waals surface area contributed by atoms with Crippen LogP contribution in [0.5, 0.6) is 0 Å². The van der Waals surface area contributed by atoms with Gasteiger partial charge in [-0.25, -0.2) is 4.57 Å². The molecule has 0 aliphatic rings. The Morgan fingerprint density at radius 1 is 0.627 bits per heavy atom. The van der Waals surface area contributed by atoms with Gasteiger partial charge in [0.15, 0.2) is 6.10 Å². The number of phosphoric ester groups is 1. The second-order valence-electron chi connectivity index (χ2n) is 13.6. The van der Waals surface area contributed by atoms with E-state index < -0.39 is 57.4 Å². The lowest BCUT2D eigenvalue weighted by atomic mass is 10.0. The summed E-state index contributed by atoms with van der Waals surface area (Å²) in [6, 6.07) is 0. The fourth-order valence-electron chi connectivity index (χ4n) is 5.12. The molecular formula is C39H69O11P. The van der Waals surface area contributed by atoms with Gasteiger partial charge < -0.3 is 34.6 Å². The number of aliphatic hydroxyl groups is 3. The molecule has 0 fully saturated rings. The number of allylic oxidation sites excluding steroid dienone is 6. The van der Waals surface area contributed by atoms with Crippen molar-refractivity contribution in [3.05, 3.63) is 48.6 Å². The Labute approximate surface area is 307 Å². The monoisotopic (exact) mass is 744 g/mol. The van der Waals surface area contributed by atoms with Crippen molar-refractivity contribution in [1.82, 2.24) is 0 Å². The van der Waals surface area contributed by atoms with E-state index in [1.54, 1.807) is 42.5 Å². The van der Waals surface area contributed by atoms with Crippen molar-refractivity contribution in [2.24, 2.45) is 5.92 Å². The van der Waals surface area contributed by atoms with Crippen LogP contribution in [0.3, 0.4) is 0 Å². The third kappa shape index (κ3) is 34.7. The van der Waals surface area contributed by atoms with Crippen LogP contribution in [-0.2, 0) is 28.2 Å². The summed E-state index contributed by atoms with van der Waals surface area (Å²) in [4.78, 5) is 42.7. The van der Waals surface area contributed by atoms with Crippen molar-refractivity contribution in [2.75, 3.05) is 13.2 Å². The van der Waals surface area contributed by atoms with Gasteiger partial charge in [0.2, 0.25) is 0 Å². The van der Waals surface area contributed by atoms with Gasteiger partial charge in [0.05, 0.1) is 24.9 Å². The third-order valence-electron chi connectivity index (χ3n) is 8.14. The summed E-state index contributed by atoms with van der Waals surface area (Å²) in [5, 5.41) is 30.3. The molecule has 0 aromatic carbocycles. The van der Waals surface area contributed by atoms with E-state index in [0.29, 0.717) is 6.42 Å². The minimum Gasteiger partial charge on any atom is -0.462 e. The van der Waals surface area contributed by atoms with Crippen molar-refractivity contribution in [1.29, 1.82) is 0 Å². The van der Waals surface area contributed by atoms with Crippen LogP contribution in [0, 0.1) is 5.92 Å². The van der Waals surface area contributed by atoms with E-state index in [1.807, 2.05) is 0 Å². The largest absolute Gasteiger partial charge is 0.469 e. The van der Waals surface area contributed by atoms with Gasteiger partial charge in [-0.3, -0.25) is 14.1 Å². The molecule has 11 nitrogen and oxygen atoms in total. The maximum atomic E-state index is 12.4. The Hall–Kier alpha value is -2.11. The van der Waals surface area contributed by atoms with Gasteiger partial charge in [0, 0.05) is 12.8 Å². The maximum absolute atomic E-state index is 12.4. The fourth-order valence-corrected chi connectivity index (χ4v) is 5.48. The van der Waals surface area contributed by atoms with Gasteiger partial charge in [-0.15, -0.1) is 0 Å². The topological polar surface area (TPSA) is 180 Å². The lowest BCUT2D eigenvalue weighted by Crippen LogP contribution is -2.29. The molecule has 51 heavy (non-hydrogen) atoms. The molecule has 0 saturated carbocycles. The van der Waals surface area contributed by atoms with Crippen molar-refractivity contribution < 1.29 is 53.3 Å².